The van der Waals surface area contributed by atoms with E-state index in [-0.39, 0.29) is 17.5 Å². The van der Waals surface area contributed by atoms with E-state index in [2.05, 4.69) is 15.6 Å². The van der Waals surface area contributed by atoms with E-state index >= 15 is 0 Å². The number of nitrogens with zero attached hydrogens (tertiary/aromatic N) is 2. The first-order valence-electron chi connectivity index (χ1n) is 11.8. The second-order valence-electron chi connectivity index (χ2n) is 8.22. The van der Waals surface area contributed by atoms with Gasteiger partial charge >= 0.3 is 0 Å². The minimum Gasteiger partial charge on any atom is -0.494 e. The summed E-state index contributed by atoms with van der Waals surface area (Å²) in [6.07, 6.45) is 0.379. The average molecular weight is 485 g/mol. The molecule has 1 atom stereocenters. The summed E-state index contributed by atoms with van der Waals surface area (Å²) in [6, 6.07) is 20.5. The van der Waals surface area contributed by atoms with Crippen molar-refractivity contribution in [3.63, 3.8) is 0 Å². The van der Waals surface area contributed by atoms with Crippen LogP contribution in [0.15, 0.2) is 77.6 Å². The van der Waals surface area contributed by atoms with Crippen LogP contribution in [0.1, 0.15) is 33.2 Å². The minimum absolute atomic E-state index is 0.158. The monoisotopic (exact) mass is 484 g/mol. The van der Waals surface area contributed by atoms with Crippen molar-refractivity contribution in [3.8, 4) is 17.0 Å². The fourth-order valence-corrected chi connectivity index (χ4v) is 4.14. The largest absolute Gasteiger partial charge is 0.494 e. The molecule has 0 aliphatic rings. The van der Waals surface area contributed by atoms with Gasteiger partial charge in [0.25, 0.3) is 5.56 Å². The van der Waals surface area contributed by atoms with Crippen LogP contribution in [-0.4, -0.2) is 28.0 Å². The topological polar surface area (TPSA) is 102 Å². The molecule has 0 unspecified atom stereocenters. The third-order valence-corrected chi connectivity index (χ3v) is 5.72. The molecule has 36 heavy (non-hydrogen) atoms. The maximum absolute atomic E-state index is 13.9. The fourth-order valence-electron chi connectivity index (χ4n) is 4.14. The van der Waals surface area contributed by atoms with Crippen LogP contribution in [0.25, 0.3) is 22.3 Å². The van der Waals surface area contributed by atoms with Gasteiger partial charge in [-0.05, 0) is 55.8 Å². The lowest BCUT2D eigenvalue weighted by molar-refractivity contribution is -0.119. The Hall–Kier alpha value is -4.46. The number of nitrogens with one attached hydrogen (secondary N) is 2. The minimum atomic E-state index is -0.788. The summed E-state index contributed by atoms with van der Waals surface area (Å²) in [5.74, 6) is 0.132. The normalized spacial score (nSPS) is 11.6. The number of ether oxygens (including phenoxy) is 1. The number of aromatic nitrogens is 2. The molecule has 0 saturated heterocycles. The lowest BCUT2D eigenvalue weighted by atomic mass is 10.1. The fraction of sp³-hybridized carbons (Fsp3) is 0.214. The molecule has 2 amide bonds. The van der Waals surface area contributed by atoms with Crippen molar-refractivity contribution in [3.05, 3.63) is 83.2 Å². The number of hydrogen-bond donors (Lipinski definition) is 2. The third-order valence-electron chi connectivity index (χ3n) is 5.72. The van der Waals surface area contributed by atoms with E-state index in [1.807, 2.05) is 26.0 Å². The Balaban J connectivity index is 1.81. The molecule has 0 radical (unpaired) electrons. The molecule has 0 saturated carbocycles. The molecule has 8 heteroatoms. The van der Waals surface area contributed by atoms with E-state index in [1.165, 1.54) is 11.5 Å². The molecule has 3 aromatic carbocycles. The molecule has 184 valence electrons. The summed E-state index contributed by atoms with van der Waals surface area (Å²) >= 11 is 0. The Bertz CT molecular complexity index is 1460. The molecule has 1 heterocycles. The van der Waals surface area contributed by atoms with Gasteiger partial charge in [0, 0.05) is 18.2 Å². The number of hydrogen-bond acceptors (Lipinski definition) is 5. The van der Waals surface area contributed by atoms with Crippen molar-refractivity contribution in [2.24, 2.45) is 0 Å². The lowest BCUT2D eigenvalue weighted by Crippen LogP contribution is -2.34. The quantitative estimate of drug-likeness (QED) is 0.366. The zero-order chi connectivity index (χ0) is 25.7. The Morgan fingerprint density at radius 2 is 1.64 bits per heavy atom. The standard InChI is InChI=1S/C28H28N4O4/c1-4-24(27(34)30-19-14-16-20(17-15-19)36-5-2)32-25-13-9-8-12-23(25)31-26(28(32)35)21-10-6-7-11-22(21)29-18(3)33/h6-17,24H,4-5H2,1-3H3,(H,29,33)(H,30,34)/t24-/m1/s1. The first-order chi connectivity index (χ1) is 17.4. The summed E-state index contributed by atoms with van der Waals surface area (Å²) in [7, 11) is 0. The lowest BCUT2D eigenvalue weighted by Gasteiger charge is -2.21. The Morgan fingerprint density at radius 1 is 0.944 bits per heavy atom. The first kappa shape index (κ1) is 24.7. The van der Waals surface area contributed by atoms with Gasteiger partial charge in [-0.2, -0.15) is 0 Å². The van der Waals surface area contributed by atoms with E-state index < -0.39 is 11.6 Å². The second-order valence-corrected chi connectivity index (χ2v) is 8.22. The highest BCUT2D eigenvalue weighted by Crippen LogP contribution is 2.28. The van der Waals surface area contributed by atoms with Gasteiger partial charge in [-0.3, -0.25) is 19.0 Å². The van der Waals surface area contributed by atoms with Crippen molar-refractivity contribution in [2.45, 2.75) is 33.2 Å². The van der Waals surface area contributed by atoms with E-state index in [4.69, 9.17) is 4.74 Å². The molecule has 0 aliphatic heterocycles. The molecule has 2 N–H and O–H groups in total. The molecule has 0 aliphatic carbocycles. The highest BCUT2D eigenvalue weighted by Gasteiger charge is 2.25. The zero-order valence-corrected chi connectivity index (χ0v) is 20.4. The maximum atomic E-state index is 13.9. The summed E-state index contributed by atoms with van der Waals surface area (Å²) < 4.78 is 6.96. The molecule has 0 bridgehead atoms. The number of benzene rings is 3. The van der Waals surface area contributed by atoms with Crippen LogP contribution < -0.4 is 20.9 Å². The number of carbonyl (C=O) groups excluding carboxylic acids is 2. The molecular formula is C28H28N4O4. The van der Waals surface area contributed by atoms with Gasteiger partial charge in [0.2, 0.25) is 11.8 Å². The van der Waals surface area contributed by atoms with Gasteiger partial charge in [0.1, 0.15) is 17.5 Å². The number of anilines is 2. The molecule has 4 aromatic rings. The van der Waals surface area contributed by atoms with Gasteiger partial charge in [0.05, 0.1) is 23.3 Å². The van der Waals surface area contributed by atoms with Crippen molar-refractivity contribution in [1.29, 1.82) is 0 Å². The van der Waals surface area contributed by atoms with Crippen LogP contribution in [0.5, 0.6) is 5.75 Å². The van der Waals surface area contributed by atoms with Gasteiger partial charge in [-0.15, -0.1) is 0 Å². The van der Waals surface area contributed by atoms with Gasteiger partial charge < -0.3 is 15.4 Å². The first-order valence-corrected chi connectivity index (χ1v) is 11.8. The van der Waals surface area contributed by atoms with E-state index in [1.54, 1.807) is 60.7 Å². The summed E-state index contributed by atoms with van der Waals surface area (Å²) in [6.45, 7) is 5.71. The van der Waals surface area contributed by atoms with Crippen LogP contribution in [-0.2, 0) is 9.59 Å². The highest BCUT2D eigenvalue weighted by atomic mass is 16.5. The van der Waals surface area contributed by atoms with E-state index in [9.17, 15) is 14.4 Å². The van der Waals surface area contributed by atoms with Gasteiger partial charge in [0.15, 0.2) is 0 Å². The Kier molecular flexibility index (Phi) is 7.44. The van der Waals surface area contributed by atoms with E-state index in [0.29, 0.717) is 46.7 Å². The van der Waals surface area contributed by atoms with Crippen LogP contribution in [0.4, 0.5) is 11.4 Å². The summed E-state index contributed by atoms with van der Waals surface area (Å²) in [5.41, 5.74) is 2.42. The third kappa shape index (κ3) is 5.12. The van der Waals surface area contributed by atoms with Crippen molar-refractivity contribution in [1.82, 2.24) is 9.55 Å². The van der Waals surface area contributed by atoms with Crippen LogP contribution in [0.3, 0.4) is 0 Å². The molecular weight excluding hydrogens is 456 g/mol. The van der Waals surface area contributed by atoms with Crippen LogP contribution in [0.2, 0.25) is 0 Å². The average Bonchev–Trinajstić information content (AvgIpc) is 2.87. The zero-order valence-electron chi connectivity index (χ0n) is 20.4. The van der Waals surface area contributed by atoms with Gasteiger partial charge in [-0.25, -0.2) is 4.98 Å². The summed E-state index contributed by atoms with van der Waals surface area (Å²) in [4.78, 5) is 43.7. The number of carbonyl (C=O) groups is 2. The number of para-hydroxylation sites is 3. The molecule has 0 fully saturated rings. The Labute approximate surface area is 208 Å². The number of rotatable bonds is 8. The van der Waals surface area contributed by atoms with Gasteiger partial charge in [-0.1, -0.05) is 37.3 Å². The second kappa shape index (κ2) is 10.9. The summed E-state index contributed by atoms with van der Waals surface area (Å²) in [5, 5.41) is 5.68. The van der Waals surface area contributed by atoms with Crippen molar-refractivity contribution >= 4 is 34.2 Å². The van der Waals surface area contributed by atoms with Crippen molar-refractivity contribution < 1.29 is 14.3 Å². The van der Waals surface area contributed by atoms with Crippen LogP contribution >= 0.6 is 0 Å². The van der Waals surface area contributed by atoms with Crippen LogP contribution in [0, 0.1) is 0 Å². The van der Waals surface area contributed by atoms with Crippen molar-refractivity contribution in [2.75, 3.05) is 17.2 Å². The molecule has 0 spiro atoms. The highest BCUT2D eigenvalue weighted by molar-refractivity contribution is 5.96. The number of amides is 2. The van der Waals surface area contributed by atoms with E-state index in [0.717, 1.165) is 0 Å². The number of fused-ring (bicyclic) bond motifs is 1. The molecule has 8 nitrogen and oxygen atoms in total. The Morgan fingerprint density at radius 3 is 2.33 bits per heavy atom. The predicted molar refractivity (Wildman–Crippen MR) is 141 cm³/mol. The maximum Gasteiger partial charge on any atom is 0.278 e. The SMILES string of the molecule is CCOc1ccc(NC(=O)[C@@H](CC)n2c(=O)c(-c3ccccc3NC(C)=O)nc3ccccc32)cc1. The molecule has 1 aromatic heterocycles. The molecule has 4 rings (SSSR count). The predicted octanol–water partition coefficient (Wildman–Crippen LogP) is 5.01. The smallest absolute Gasteiger partial charge is 0.278 e.